The van der Waals surface area contributed by atoms with Gasteiger partial charge in [-0.15, -0.1) is 0 Å². The van der Waals surface area contributed by atoms with Crippen LogP contribution in [0.1, 0.15) is 32.1 Å². The molecule has 2 rings (SSSR count). The summed E-state index contributed by atoms with van der Waals surface area (Å²) in [4.78, 5) is 19.1. The van der Waals surface area contributed by atoms with Crippen molar-refractivity contribution in [3.63, 3.8) is 0 Å². The Morgan fingerprint density at radius 1 is 1.10 bits per heavy atom. The second-order valence-corrected chi connectivity index (χ2v) is 6.41. The van der Waals surface area contributed by atoms with Crippen molar-refractivity contribution < 1.29 is 9.53 Å². The number of hydrogen-bond acceptors (Lipinski definition) is 4. The van der Waals surface area contributed by atoms with Gasteiger partial charge in [-0.2, -0.15) is 0 Å². The zero-order chi connectivity index (χ0) is 15.1. The minimum absolute atomic E-state index is 0.298. The number of carbonyl (C=O) groups is 1. The van der Waals surface area contributed by atoms with Crippen LogP contribution in [0.3, 0.4) is 0 Å². The fourth-order valence-electron chi connectivity index (χ4n) is 3.37. The number of likely N-dealkylation sites (N-methyl/N-ethyl adjacent to an activating group) is 1. The Hall–Kier alpha value is -0.650. The minimum atomic E-state index is 0.298. The quantitative estimate of drug-likeness (QED) is 0.734. The normalized spacial score (nSPS) is 22.4. The molecule has 0 spiro atoms. The van der Waals surface area contributed by atoms with E-state index in [0.29, 0.717) is 18.5 Å². The number of piperazine rings is 1. The molecule has 0 aromatic carbocycles. The monoisotopic (exact) mass is 297 g/mol. The van der Waals surface area contributed by atoms with Gasteiger partial charge in [0.2, 0.25) is 5.91 Å². The van der Waals surface area contributed by atoms with Crippen LogP contribution in [0.5, 0.6) is 0 Å². The molecule has 1 heterocycles. The fourth-order valence-corrected chi connectivity index (χ4v) is 3.37. The summed E-state index contributed by atoms with van der Waals surface area (Å²) >= 11 is 0. The largest absolute Gasteiger partial charge is 0.383 e. The molecule has 0 aromatic rings. The van der Waals surface area contributed by atoms with E-state index < -0.39 is 0 Å². The lowest BCUT2D eigenvalue weighted by molar-refractivity contribution is -0.134. The maximum atomic E-state index is 12.4. The molecule has 5 heteroatoms. The lowest BCUT2D eigenvalue weighted by atomic mass is 9.94. The van der Waals surface area contributed by atoms with Gasteiger partial charge in [-0.05, 0) is 12.8 Å². The molecule has 2 aliphatic rings. The van der Waals surface area contributed by atoms with Crippen LogP contribution in [-0.4, -0.2) is 86.7 Å². The molecule has 0 unspecified atom stereocenters. The van der Waals surface area contributed by atoms with Gasteiger partial charge < -0.3 is 9.64 Å². The van der Waals surface area contributed by atoms with Gasteiger partial charge in [0, 0.05) is 52.9 Å². The molecule has 0 radical (unpaired) electrons. The molecule has 122 valence electrons. The van der Waals surface area contributed by atoms with Crippen molar-refractivity contribution in [2.45, 2.75) is 38.1 Å². The van der Waals surface area contributed by atoms with Crippen molar-refractivity contribution in [3.05, 3.63) is 0 Å². The molecule has 0 aromatic heterocycles. The molecule has 2 fully saturated rings. The van der Waals surface area contributed by atoms with E-state index in [2.05, 4.69) is 9.80 Å². The third-order valence-electron chi connectivity index (χ3n) is 4.95. The third kappa shape index (κ3) is 5.24. The summed E-state index contributed by atoms with van der Waals surface area (Å²) in [5.74, 6) is 0.298. The highest BCUT2D eigenvalue weighted by molar-refractivity contribution is 5.78. The average molecular weight is 297 g/mol. The maximum Gasteiger partial charge on any atom is 0.236 e. The summed E-state index contributed by atoms with van der Waals surface area (Å²) in [5.41, 5.74) is 0. The zero-order valence-corrected chi connectivity index (χ0v) is 13.7. The Morgan fingerprint density at radius 2 is 1.71 bits per heavy atom. The van der Waals surface area contributed by atoms with Crippen molar-refractivity contribution >= 4 is 5.91 Å². The summed E-state index contributed by atoms with van der Waals surface area (Å²) in [7, 11) is 3.74. The van der Waals surface area contributed by atoms with Crippen LogP contribution in [0.2, 0.25) is 0 Å². The lowest BCUT2D eigenvalue weighted by Gasteiger charge is -2.36. The minimum Gasteiger partial charge on any atom is -0.383 e. The molecule has 0 bridgehead atoms. The number of hydrogen-bond donors (Lipinski definition) is 0. The molecular weight excluding hydrogens is 266 g/mol. The Balaban J connectivity index is 1.68. The van der Waals surface area contributed by atoms with Crippen LogP contribution < -0.4 is 0 Å². The molecule has 1 aliphatic heterocycles. The average Bonchev–Trinajstić information content (AvgIpc) is 2.54. The first kappa shape index (κ1) is 16.7. The summed E-state index contributed by atoms with van der Waals surface area (Å²) < 4.78 is 5.12. The first-order valence-corrected chi connectivity index (χ1v) is 8.40. The molecule has 1 saturated heterocycles. The molecule has 1 amide bonds. The van der Waals surface area contributed by atoms with Crippen molar-refractivity contribution in [2.24, 2.45) is 0 Å². The highest BCUT2D eigenvalue weighted by Crippen LogP contribution is 2.21. The van der Waals surface area contributed by atoms with E-state index in [9.17, 15) is 4.79 Å². The molecule has 5 nitrogen and oxygen atoms in total. The highest BCUT2D eigenvalue weighted by Gasteiger charge is 2.25. The van der Waals surface area contributed by atoms with Crippen molar-refractivity contribution in [2.75, 3.05) is 60.0 Å². The van der Waals surface area contributed by atoms with E-state index in [1.807, 2.05) is 11.9 Å². The van der Waals surface area contributed by atoms with Crippen LogP contribution in [0.4, 0.5) is 0 Å². The number of methoxy groups -OCH3 is 1. The number of amides is 1. The first-order chi connectivity index (χ1) is 10.2. The van der Waals surface area contributed by atoms with E-state index >= 15 is 0 Å². The lowest BCUT2D eigenvalue weighted by Crippen LogP contribution is -2.51. The van der Waals surface area contributed by atoms with Gasteiger partial charge in [0.05, 0.1) is 13.2 Å². The van der Waals surface area contributed by atoms with Crippen molar-refractivity contribution in [1.82, 2.24) is 14.7 Å². The predicted octanol–water partition coefficient (Wildman–Crippen LogP) is 1.04. The van der Waals surface area contributed by atoms with Gasteiger partial charge in [0.15, 0.2) is 0 Å². The van der Waals surface area contributed by atoms with E-state index in [1.54, 1.807) is 7.11 Å². The van der Waals surface area contributed by atoms with Crippen molar-refractivity contribution in [1.29, 1.82) is 0 Å². The Kier molecular flexibility index (Phi) is 6.93. The molecular formula is C16H31N3O2. The van der Waals surface area contributed by atoms with Gasteiger partial charge in [-0.25, -0.2) is 0 Å². The molecule has 1 aliphatic carbocycles. The van der Waals surface area contributed by atoms with Gasteiger partial charge in [0.25, 0.3) is 0 Å². The van der Waals surface area contributed by atoms with E-state index in [0.717, 1.165) is 39.3 Å². The van der Waals surface area contributed by atoms with Crippen LogP contribution in [-0.2, 0) is 9.53 Å². The van der Waals surface area contributed by atoms with Gasteiger partial charge >= 0.3 is 0 Å². The standard InChI is InChI=1S/C16H31N3O2/c1-17(15-6-4-3-5-7-15)16(20)14-19-10-8-18(9-11-19)12-13-21-2/h15H,3-14H2,1-2H3. The van der Waals surface area contributed by atoms with Gasteiger partial charge in [0.1, 0.15) is 0 Å². The first-order valence-electron chi connectivity index (χ1n) is 8.40. The SMILES string of the molecule is COCCN1CCN(CC(=O)N(C)C2CCCCC2)CC1. The van der Waals surface area contributed by atoms with Gasteiger partial charge in [-0.3, -0.25) is 14.6 Å². The van der Waals surface area contributed by atoms with Crippen LogP contribution in [0, 0.1) is 0 Å². The summed E-state index contributed by atoms with van der Waals surface area (Å²) in [6.45, 7) is 6.46. The number of carbonyl (C=O) groups excluding carboxylic acids is 1. The molecule has 0 atom stereocenters. The van der Waals surface area contributed by atoms with E-state index in [1.165, 1.54) is 32.1 Å². The van der Waals surface area contributed by atoms with Crippen LogP contribution in [0.15, 0.2) is 0 Å². The van der Waals surface area contributed by atoms with E-state index in [-0.39, 0.29) is 0 Å². The highest BCUT2D eigenvalue weighted by atomic mass is 16.5. The summed E-state index contributed by atoms with van der Waals surface area (Å²) in [6.07, 6.45) is 6.27. The molecule has 21 heavy (non-hydrogen) atoms. The fraction of sp³-hybridized carbons (Fsp3) is 0.938. The predicted molar refractivity (Wildman–Crippen MR) is 84.4 cm³/mol. The zero-order valence-electron chi connectivity index (χ0n) is 13.7. The van der Waals surface area contributed by atoms with Crippen LogP contribution >= 0.6 is 0 Å². The molecule has 0 N–H and O–H groups in total. The third-order valence-corrected chi connectivity index (χ3v) is 4.95. The second-order valence-electron chi connectivity index (χ2n) is 6.41. The number of ether oxygens (including phenoxy) is 1. The smallest absolute Gasteiger partial charge is 0.236 e. The van der Waals surface area contributed by atoms with Gasteiger partial charge in [-0.1, -0.05) is 19.3 Å². The molecule has 1 saturated carbocycles. The Labute approximate surface area is 129 Å². The Morgan fingerprint density at radius 3 is 2.33 bits per heavy atom. The summed E-state index contributed by atoms with van der Waals surface area (Å²) in [5, 5.41) is 0. The second kappa shape index (κ2) is 8.71. The van der Waals surface area contributed by atoms with Crippen LogP contribution in [0.25, 0.3) is 0 Å². The Bertz CT molecular complexity index is 311. The maximum absolute atomic E-state index is 12.4. The number of nitrogens with zero attached hydrogens (tertiary/aromatic N) is 3. The van der Waals surface area contributed by atoms with Crippen molar-refractivity contribution in [3.8, 4) is 0 Å². The topological polar surface area (TPSA) is 36.0 Å². The van der Waals surface area contributed by atoms with E-state index in [4.69, 9.17) is 4.74 Å². The number of rotatable bonds is 6. The summed E-state index contributed by atoms with van der Waals surface area (Å²) in [6, 6.07) is 0.481.